The molecule has 0 radical (unpaired) electrons. The van der Waals surface area contributed by atoms with E-state index in [0.29, 0.717) is 33.8 Å². The molecule has 1 aromatic carbocycles. The van der Waals surface area contributed by atoms with Crippen LogP contribution in [0.15, 0.2) is 12.1 Å². The van der Waals surface area contributed by atoms with Gasteiger partial charge in [0.05, 0.1) is 18.7 Å². The van der Waals surface area contributed by atoms with Crippen LogP contribution < -0.4 is 4.90 Å². The highest BCUT2D eigenvalue weighted by atomic mass is 19.1. The molecule has 2 aromatic rings. The molecule has 0 aliphatic carbocycles. The van der Waals surface area contributed by atoms with Crippen LogP contribution >= 0.6 is 0 Å². The predicted molar refractivity (Wildman–Crippen MR) is 112 cm³/mol. The number of carboxylic acid groups (broad SMARTS) is 1. The van der Waals surface area contributed by atoms with Gasteiger partial charge in [0.1, 0.15) is 11.6 Å². The molecule has 0 bridgehead atoms. The first-order chi connectivity index (χ1) is 14.0. The third-order valence-corrected chi connectivity index (χ3v) is 6.01. The molecule has 30 heavy (non-hydrogen) atoms. The Hall–Kier alpha value is -2.54. The van der Waals surface area contributed by atoms with Gasteiger partial charge in [0.2, 0.25) is 0 Å². The number of rotatable bonds is 5. The lowest BCUT2D eigenvalue weighted by Crippen LogP contribution is -2.38. The van der Waals surface area contributed by atoms with Crippen LogP contribution in [-0.2, 0) is 17.8 Å². The number of aliphatic hydroxyl groups excluding tert-OH is 1. The Morgan fingerprint density at radius 3 is 2.17 bits per heavy atom. The number of aromatic nitrogens is 1. The number of carbonyl (C=O) groups is 1. The molecule has 162 valence electrons. The van der Waals surface area contributed by atoms with E-state index >= 15 is 0 Å². The Kier molecular flexibility index (Phi) is 6.13. The van der Waals surface area contributed by atoms with Gasteiger partial charge in [-0.25, -0.2) is 8.78 Å². The van der Waals surface area contributed by atoms with Gasteiger partial charge in [0, 0.05) is 41.2 Å². The van der Waals surface area contributed by atoms with E-state index in [2.05, 4.69) is 23.7 Å². The molecular weight excluding hydrogens is 390 g/mol. The molecule has 0 saturated carbocycles. The Morgan fingerprint density at radius 2 is 1.67 bits per heavy atom. The number of nitrogens with zero attached hydrogens (tertiary/aromatic N) is 2. The van der Waals surface area contributed by atoms with E-state index in [0.717, 1.165) is 25.9 Å². The summed E-state index contributed by atoms with van der Waals surface area (Å²) in [7, 11) is 0. The molecule has 1 aliphatic rings. The van der Waals surface area contributed by atoms with Crippen LogP contribution in [0.4, 0.5) is 14.5 Å². The zero-order valence-corrected chi connectivity index (χ0v) is 17.9. The summed E-state index contributed by atoms with van der Waals surface area (Å²) in [6.07, 6.45) is 1.62. The predicted octanol–water partition coefficient (Wildman–Crippen LogP) is 4.39. The quantitative estimate of drug-likeness (QED) is 0.753. The van der Waals surface area contributed by atoms with Gasteiger partial charge in [-0.05, 0) is 49.8 Å². The summed E-state index contributed by atoms with van der Waals surface area (Å²) in [4.78, 5) is 18.2. The fourth-order valence-corrected chi connectivity index (χ4v) is 4.16. The lowest BCUT2D eigenvalue weighted by molar-refractivity contribution is -0.136. The third kappa shape index (κ3) is 4.31. The molecule has 0 amide bonds. The number of hydrogen-bond acceptors (Lipinski definition) is 4. The van der Waals surface area contributed by atoms with Crippen molar-refractivity contribution in [2.45, 2.75) is 53.6 Å². The third-order valence-electron chi connectivity index (χ3n) is 6.01. The Labute approximate surface area is 175 Å². The zero-order chi connectivity index (χ0) is 22.2. The fourth-order valence-electron chi connectivity index (χ4n) is 4.16. The summed E-state index contributed by atoms with van der Waals surface area (Å²) >= 11 is 0. The number of piperidine rings is 1. The first-order valence-electron chi connectivity index (χ1n) is 10.1. The minimum Gasteiger partial charge on any atom is -0.481 e. The number of aliphatic carboxylic acids is 1. The smallest absolute Gasteiger partial charge is 0.307 e. The van der Waals surface area contributed by atoms with Crippen LogP contribution in [-0.4, -0.2) is 34.3 Å². The van der Waals surface area contributed by atoms with Gasteiger partial charge >= 0.3 is 5.97 Å². The average molecular weight is 418 g/mol. The van der Waals surface area contributed by atoms with E-state index in [1.807, 2.05) is 0 Å². The first-order valence-corrected chi connectivity index (χ1v) is 10.1. The molecule has 0 spiro atoms. The lowest BCUT2D eigenvalue weighted by atomic mass is 9.82. The van der Waals surface area contributed by atoms with Crippen molar-refractivity contribution < 1.29 is 23.8 Å². The average Bonchev–Trinajstić information content (AvgIpc) is 2.63. The summed E-state index contributed by atoms with van der Waals surface area (Å²) in [5.41, 5.74) is 3.06. The van der Waals surface area contributed by atoms with Crippen molar-refractivity contribution in [3.63, 3.8) is 0 Å². The Morgan fingerprint density at radius 1 is 1.10 bits per heavy atom. The van der Waals surface area contributed by atoms with Crippen LogP contribution in [0.2, 0.25) is 0 Å². The maximum Gasteiger partial charge on any atom is 0.307 e. The van der Waals surface area contributed by atoms with Crippen LogP contribution in [0.3, 0.4) is 0 Å². The summed E-state index contributed by atoms with van der Waals surface area (Å²) in [5.74, 6) is -2.66. The Bertz CT molecular complexity index is 956. The molecule has 7 heteroatoms. The topological polar surface area (TPSA) is 73.7 Å². The van der Waals surface area contributed by atoms with Crippen LogP contribution in [0, 0.1) is 30.9 Å². The van der Waals surface area contributed by atoms with Crippen LogP contribution in [0.1, 0.15) is 49.2 Å². The van der Waals surface area contributed by atoms with Crippen molar-refractivity contribution in [1.82, 2.24) is 4.98 Å². The van der Waals surface area contributed by atoms with E-state index in [4.69, 9.17) is 0 Å². The Balaban J connectivity index is 2.25. The number of hydrogen-bond donors (Lipinski definition) is 2. The van der Waals surface area contributed by atoms with Gasteiger partial charge in [0.15, 0.2) is 0 Å². The number of halogens is 2. The molecule has 0 atom stereocenters. The maximum atomic E-state index is 14.5. The van der Waals surface area contributed by atoms with Gasteiger partial charge in [-0.3, -0.25) is 9.78 Å². The molecule has 1 fully saturated rings. The number of benzene rings is 1. The normalized spacial score (nSPS) is 16.0. The van der Waals surface area contributed by atoms with Gasteiger partial charge in [-0.15, -0.1) is 0 Å². The molecule has 2 N–H and O–H groups in total. The number of pyridine rings is 1. The van der Waals surface area contributed by atoms with Crippen molar-refractivity contribution in [3.8, 4) is 11.1 Å². The molecule has 3 rings (SSSR count). The summed E-state index contributed by atoms with van der Waals surface area (Å²) in [5, 5.41) is 18.7. The van der Waals surface area contributed by atoms with Crippen LogP contribution in [0.5, 0.6) is 0 Å². The highest BCUT2D eigenvalue weighted by molar-refractivity contribution is 5.86. The fraction of sp³-hybridized carbons (Fsp3) is 0.478. The molecule has 1 aromatic heterocycles. The number of anilines is 1. The second-order valence-electron chi connectivity index (χ2n) is 8.78. The number of aliphatic hydroxyl groups is 1. The molecular formula is C23H28F2N2O3. The van der Waals surface area contributed by atoms with Gasteiger partial charge < -0.3 is 15.1 Å². The molecule has 1 aliphatic heterocycles. The molecule has 1 saturated heterocycles. The zero-order valence-electron chi connectivity index (χ0n) is 17.9. The highest BCUT2D eigenvalue weighted by Crippen LogP contribution is 2.42. The monoisotopic (exact) mass is 418 g/mol. The molecule has 2 heterocycles. The van der Waals surface area contributed by atoms with E-state index in [9.17, 15) is 23.8 Å². The maximum absolute atomic E-state index is 14.5. The second-order valence-corrected chi connectivity index (χ2v) is 8.78. The molecule has 5 nitrogen and oxygen atoms in total. The van der Waals surface area contributed by atoms with Gasteiger partial charge in [-0.1, -0.05) is 13.8 Å². The number of carboxylic acids is 1. The lowest BCUT2D eigenvalue weighted by Gasteiger charge is -2.40. The summed E-state index contributed by atoms with van der Waals surface area (Å²) < 4.78 is 28.9. The van der Waals surface area contributed by atoms with E-state index in [1.165, 1.54) is 12.1 Å². The SMILES string of the molecule is Cc1nc(C)c(-c2cc(F)c(CO)c(F)c2)c(N2CCC(C)(C)CC2)c1CC(=O)O. The summed E-state index contributed by atoms with van der Waals surface area (Å²) in [6, 6.07) is 2.38. The summed E-state index contributed by atoms with van der Waals surface area (Å²) in [6.45, 7) is 8.63. The van der Waals surface area contributed by atoms with Crippen molar-refractivity contribution in [2.75, 3.05) is 18.0 Å². The van der Waals surface area contributed by atoms with Crippen molar-refractivity contribution >= 4 is 11.7 Å². The van der Waals surface area contributed by atoms with E-state index in [-0.39, 0.29) is 17.4 Å². The van der Waals surface area contributed by atoms with Crippen molar-refractivity contribution in [3.05, 3.63) is 46.3 Å². The van der Waals surface area contributed by atoms with Gasteiger partial charge in [0.25, 0.3) is 0 Å². The van der Waals surface area contributed by atoms with Crippen molar-refractivity contribution in [2.24, 2.45) is 5.41 Å². The van der Waals surface area contributed by atoms with Gasteiger partial charge in [-0.2, -0.15) is 0 Å². The van der Waals surface area contributed by atoms with E-state index < -0.39 is 24.2 Å². The highest BCUT2D eigenvalue weighted by Gasteiger charge is 2.30. The second kappa shape index (κ2) is 8.30. The van der Waals surface area contributed by atoms with E-state index in [1.54, 1.807) is 13.8 Å². The first kappa shape index (κ1) is 22.2. The minimum atomic E-state index is -0.985. The number of aryl methyl sites for hydroxylation is 2. The largest absolute Gasteiger partial charge is 0.481 e. The van der Waals surface area contributed by atoms with Crippen molar-refractivity contribution in [1.29, 1.82) is 0 Å². The standard InChI is InChI=1S/C23H28F2N2O3/c1-13-16(11-20(29)30)22(27-7-5-23(3,4)6-8-27)21(14(2)26-13)15-9-18(24)17(12-28)19(25)10-15/h9-10,28H,5-8,11-12H2,1-4H3,(H,29,30). The minimum absolute atomic E-state index is 0.182. The molecule has 0 unspecified atom stereocenters. The van der Waals surface area contributed by atoms with Crippen LogP contribution in [0.25, 0.3) is 11.1 Å².